The molecule has 0 aromatic rings. The van der Waals surface area contributed by atoms with Crippen molar-refractivity contribution in [3.63, 3.8) is 0 Å². The van der Waals surface area contributed by atoms with E-state index in [0.29, 0.717) is 38.1 Å². The van der Waals surface area contributed by atoms with Crippen LogP contribution >= 0.6 is 0 Å². The Morgan fingerprint density at radius 2 is 1.80 bits per heavy atom. The van der Waals surface area contributed by atoms with Crippen molar-refractivity contribution in [1.29, 1.82) is 0 Å². The highest BCUT2D eigenvalue weighted by Gasteiger charge is 2.35. The number of hydrogen-bond acceptors (Lipinski definition) is 3. The first-order chi connectivity index (χ1) is 9.32. The maximum Gasteiger partial charge on any atom is 0.328 e. The monoisotopic (exact) mass is 286 g/mol. The molecule has 1 aliphatic heterocycles. The van der Waals surface area contributed by atoms with Crippen molar-refractivity contribution >= 4 is 12.0 Å². The zero-order valence-electron chi connectivity index (χ0n) is 12.8. The van der Waals surface area contributed by atoms with Gasteiger partial charge in [-0.15, -0.1) is 0 Å². The number of ether oxygens (including phenoxy) is 1. The van der Waals surface area contributed by atoms with Crippen molar-refractivity contribution in [2.45, 2.75) is 33.7 Å². The summed E-state index contributed by atoms with van der Waals surface area (Å²) in [6, 6.07) is -1.07. The Morgan fingerprint density at radius 3 is 2.25 bits per heavy atom. The molecule has 1 N–H and O–H groups in total. The van der Waals surface area contributed by atoms with Crippen LogP contribution in [0.15, 0.2) is 0 Å². The molecule has 0 bridgehead atoms. The van der Waals surface area contributed by atoms with E-state index in [-0.39, 0.29) is 12.6 Å². The van der Waals surface area contributed by atoms with Gasteiger partial charge in [0.15, 0.2) is 6.04 Å². The molecule has 6 heteroatoms. The highest BCUT2D eigenvalue weighted by atomic mass is 16.5. The highest BCUT2D eigenvalue weighted by molar-refractivity contribution is 5.83. The summed E-state index contributed by atoms with van der Waals surface area (Å²) >= 11 is 0. The lowest BCUT2D eigenvalue weighted by atomic mass is 10.1. The molecule has 1 atom stereocenters. The number of morpholine rings is 1. The molecule has 6 nitrogen and oxygen atoms in total. The standard InChI is InChI=1S/C14H26N2O4/c1-10(2)7-15(8-11(3)4)14(19)16-5-6-20-9-12(16)13(17)18/h10-12H,5-9H2,1-4H3,(H,17,18). The number of urea groups is 1. The average molecular weight is 286 g/mol. The quantitative estimate of drug-likeness (QED) is 0.831. The number of hydrogen-bond donors (Lipinski definition) is 1. The predicted octanol–water partition coefficient (Wildman–Crippen LogP) is 1.51. The van der Waals surface area contributed by atoms with E-state index in [1.165, 1.54) is 4.90 Å². The first-order valence-corrected chi connectivity index (χ1v) is 7.19. The number of amides is 2. The van der Waals surface area contributed by atoms with E-state index >= 15 is 0 Å². The van der Waals surface area contributed by atoms with Gasteiger partial charge in [0.1, 0.15) is 0 Å². The summed E-state index contributed by atoms with van der Waals surface area (Å²) in [5, 5.41) is 9.21. The maximum atomic E-state index is 12.6. The van der Waals surface area contributed by atoms with Crippen molar-refractivity contribution in [3.8, 4) is 0 Å². The third-order valence-electron chi connectivity index (χ3n) is 3.10. The maximum absolute atomic E-state index is 12.6. The zero-order chi connectivity index (χ0) is 15.3. The van der Waals surface area contributed by atoms with Crippen LogP contribution in [0.4, 0.5) is 4.79 Å². The van der Waals surface area contributed by atoms with Crippen LogP contribution in [-0.2, 0) is 9.53 Å². The second kappa shape index (κ2) is 7.47. The van der Waals surface area contributed by atoms with Gasteiger partial charge in [0.25, 0.3) is 0 Å². The number of carboxylic acid groups (broad SMARTS) is 1. The van der Waals surface area contributed by atoms with Crippen molar-refractivity contribution in [3.05, 3.63) is 0 Å². The Labute approximate surface area is 120 Å². The number of rotatable bonds is 5. The molecule has 2 amide bonds. The van der Waals surface area contributed by atoms with Gasteiger partial charge >= 0.3 is 12.0 Å². The second-order valence-electron chi connectivity index (χ2n) is 6.10. The fourth-order valence-corrected chi connectivity index (χ4v) is 2.33. The van der Waals surface area contributed by atoms with Gasteiger partial charge in [-0.25, -0.2) is 9.59 Å². The normalized spacial score (nSPS) is 19.5. The summed E-state index contributed by atoms with van der Waals surface area (Å²) in [6.45, 7) is 10.3. The average Bonchev–Trinajstić information content (AvgIpc) is 2.36. The van der Waals surface area contributed by atoms with Gasteiger partial charge in [-0.3, -0.25) is 0 Å². The molecule has 0 saturated carbocycles. The molecule has 0 aromatic heterocycles. The molecule has 1 fully saturated rings. The topological polar surface area (TPSA) is 70.1 Å². The van der Waals surface area contributed by atoms with E-state index in [4.69, 9.17) is 4.74 Å². The molecular weight excluding hydrogens is 260 g/mol. The molecule has 0 radical (unpaired) electrons. The Hall–Kier alpha value is -1.30. The summed E-state index contributed by atoms with van der Waals surface area (Å²) in [6.07, 6.45) is 0. The zero-order valence-corrected chi connectivity index (χ0v) is 12.8. The van der Waals surface area contributed by atoms with Gasteiger partial charge in [0.2, 0.25) is 0 Å². The molecule has 1 aliphatic rings. The molecule has 1 unspecified atom stereocenters. The van der Waals surface area contributed by atoms with Crippen molar-refractivity contribution in [1.82, 2.24) is 9.80 Å². The van der Waals surface area contributed by atoms with Crippen LogP contribution in [0.5, 0.6) is 0 Å². The van der Waals surface area contributed by atoms with Gasteiger partial charge in [-0.1, -0.05) is 27.7 Å². The summed E-state index contributed by atoms with van der Waals surface area (Å²) < 4.78 is 5.17. The fraction of sp³-hybridized carbons (Fsp3) is 0.857. The number of carbonyl (C=O) groups is 2. The third-order valence-corrected chi connectivity index (χ3v) is 3.10. The third kappa shape index (κ3) is 4.67. The SMILES string of the molecule is CC(C)CN(CC(C)C)C(=O)N1CCOCC1C(=O)O. The van der Waals surface area contributed by atoms with E-state index in [2.05, 4.69) is 27.7 Å². The summed E-state index contributed by atoms with van der Waals surface area (Å²) in [5.74, 6) is -0.309. The molecule has 1 heterocycles. The lowest BCUT2D eigenvalue weighted by Crippen LogP contribution is -2.57. The summed E-state index contributed by atoms with van der Waals surface area (Å²) in [4.78, 5) is 27.0. The molecule has 1 rings (SSSR count). The van der Waals surface area contributed by atoms with Crippen LogP contribution < -0.4 is 0 Å². The van der Waals surface area contributed by atoms with E-state index in [9.17, 15) is 14.7 Å². The molecule has 1 saturated heterocycles. The number of carboxylic acids is 1. The Bertz CT molecular complexity index is 334. The van der Waals surface area contributed by atoms with Gasteiger partial charge in [-0.05, 0) is 11.8 Å². The fourth-order valence-electron chi connectivity index (χ4n) is 2.33. The summed E-state index contributed by atoms with van der Waals surface area (Å²) in [5.41, 5.74) is 0. The van der Waals surface area contributed by atoms with Crippen molar-refractivity contribution in [2.75, 3.05) is 32.8 Å². The van der Waals surface area contributed by atoms with Crippen molar-refractivity contribution in [2.24, 2.45) is 11.8 Å². The van der Waals surface area contributed by atoms with Crippen LogP contribution in [0.3, 0.4) is 0 Å². The summed E-state index contributed by atoms with van der Waals surface area (Å²) in [7, 11) is 0. The number of aliphatic carboxylic acids is 1. The van der Waals surface area contributed by atoms with E-state index in [0.717, 1.165) is 0 Å². The Kier molecular flexibility index (Phi) is 6.26. The van der Waals surface area contributed by atoms with Gasteiger partial charge in [0.05, 0.1) is 13.2 Å². The molecule has 0 aliphatic carbocycles. The van der Waals surface area contributed by atoms with Gasteiger partial charge < -0.3 is 19.6 Å². The number of carbonyl (C=O) groups excluding carboxylic acids is 1. The predicted molar refractivity (Wildman–Crippen MR) is 75.6 cm³/mol. The van der Waals surface area contributed by atoms with Gasteiger partial charge in [-0.2, -0.15) is 0 Å². The van der Waals surface area contributed by atoms with E-state index in [1.807, 2.05) is 0 Å². The Balaban J connectivity index is 2.82. The first kappa shape index (κ1) is 16.8. The smallest absolute Gasteiger partial charge is 0.328 e. The van der Waals surface area contributed by atoms with Crippen LogP contribution in [-0.4, -0.2) is 65.8 Å². The Morgan fingerprint density at radius 1 is 1.25 bits per heavy atom. The second-order valence-corrected chi connectivity index (χ2v) is 6.10. The van der Waals surface area contributed by atoms with Crippen LogP contribution in [0.2, 0.25) is 0 Å². The molecular formula is C14H26N2O4. The largest absolute Gasteiger partial charge is 0.480 e. The molecule has 116 valence electrons. The highest BCUT2D eigenvalue weighted by Crippen LogP contribution is 2.14. The van der Waals surface area contributed by atoms with E-state index in [1.54, 1.807) is 4.90 Å². The molecule has 0 aromatic carbocycles. The van der Waals surface area contributed by atoms with Crippen LogP contribution in [0.25, 0.3) is 0 Å². The van der Waals surface area contributed by atoms with Crippen LogP contribution in [0.1, 0.15) is 27.7 Å². The minimum absolute atomic E-state index is 0.0677. The van der Waals surface area contributed by atoms with Crippen molar-refractivity contribution < 1.29 is 19.4 Å². The van der Waals surface area contributed by atoms with E-state index < -0.39 is 12.0 Å². The minimum Gasteiger partial charge on any atom is -0.480 e. The molecule has 0 spiro atoms. The lowest BCUT2D eigenvalue weighted by Gasteiger charge is -2.38. The molecule has 20 heavy (non-hydrogen) atoms. The number of nitrogens with zero attached hydrogens (tertiary/aromatic N) is 2. The van der Waals surface area contributed by atoms with Gasteiger partial charge in [0, 0.05) is 19.6 Å². The first-order valence-electron chi connectivity index (χ1n) is 7.19. The van der Waals surface area contributed by atoms with Crippen LogP contribution in [0, 0.1) is 11.8 Å². The minimum atomic E-state index is -1.01. The lowest BCUT2D eigenvalue weighted by molar-refractivity contribution is -0.147.